The normalized spacial score (nSPS) is 25.3. The van der Waals surface area contributed by atoms with Gasteiger partial charge < -0.3 is 4.74 Å². The van der Waals surface area contributed by atoms with Gasteiger partial charge in [-0.15, -0.1) is 0 Å². The number of carbonyl (C=O) groups is 1. The second-order valence-corrected chi connectivity index (χ2v) is 8.14. The lowest BCUT2D eigenvalue weighted by Crippen LogP contribution is -2.38. The molecule has 4 heteroatoms. The lowest BCUT2D eigenvalue weighted by Gasteiger charge is -2.40. The zero-order valence-electron chi connectivity index (χ0n) is 15.5. The number of benzene rings is 1. The van der Waals surface area contributed by atoms with E-state index in [1.807, 2.05) is 34.6 Å². The summed E-state index contributed by atoms with van der Waals surface area (Å²) in [6.07, 6.45) is 1.07. The highest BCUT2D eigenvalue weighted by molar-refractivity contribution is 6.02. The molecule has 4 nitrogen and oxygen atoms in total. The Balaban J connectivity index is 2.26. The first-order valence-corrected chi connectivity index (χ1v) is 8.64. The molecule has 0 saturated carbocycles. The molecule has 0 amide bonds. The van der Waals surface area contributed by atoms with E-state index in [4.69, 9.17) is 10.1 Å². The van der Waals surface area contributed by atoms with Crippen LogP contribution in [0, 0.1) is 48.8 Å². The summed E-state index contributed by atoms with van der Waals surface area (Å²) in [5.41, 5.74) is 4.68. The van der Waals surface area contributed by atoms with Crippen LogP contribution in [0.15, 0.2) is 23.5 Å². The zero-order valence-corrected chi connectivity index (χ0v) is 15.5. The molecule has 1 N–H and O–H groups in total. The fraction of sp³-hybridized carbons (Fsp3) is 0.476. The maximum Gasteiger partial charge on any atom is 0.205 e. The minimum Gasteiger partial charge on any atom is -0.446 e. The number of hydrogen-bond acceptors (Lipinski definition) is 4. The average Bonchev–Trinajstić information content (AvgIpc) is 2.43. The van der Waals surface area contributed by atoms with Crippen molar-refractivity contribution in [1.82, 2.24) is 0 Å². The fourth-order valence-electron chi connectivity index (χ4n) is 4.36. The molecule has 3 rings (SSSR count). The molecule has 0 bridgehead atoms. The molecule has 1 heterocycles. The van der Waals surface area contributed by atoms with Crippen molar-refractivity contribution in [3.05, 3.63) is 45.7 Å². The van der Waals surface area contributed by atoms with E-state index >= 15 is 0 Å². The first kappa shape index (κ1) is 17.4. The third-order valence-corrected chi connectivity index (χ3v) is 5.23. The van der Waals surface area contributed by atoms with Gasteiger partial charge in [0.1, 0.15) is 11.7 Å². The first-order valence-electron chi connectivity index (χ1n) is 8.64. The second kappa shape index (κ2) is 5.84. The van der Waals surface area contributed by atoms with Crippen LogP contribution < -0.4 is 0 Å². The number of Topliss-reactive ketones (excluding diaryl/α,β-unsaturated/α-hetero) is 1. The maximum atomic E-state index is 13.0. The number of ketones is 1. The number of nitrogens with zero attached hydrogens (tertiary/aromatic N) is 1. The summed E-state index contributed by atoms with van der Waals surface area (Å²) in [5, 5.41) is 17.9. The minimum atomic E-state index is -0.760. The molecule has 1 aromatic carbocycles. The number of ether oxygens (including phenoxy) is 1. The molecule has 0 radical (unpaired) electrons. The molecule has 1 aliphatic carbocycles. The van der Waals surface area contributed by atoms with Gasteiger partial charge >= 0.3 is 0 Å². The Labute approximate surface area is 149 Å². The van der Waals surface area contributed by atoms with Crippen LogP contribution in [0.5, 0.6) is 0 Å². The van der Waals surface area contributed by atoms with Gasteiger partial charge in [0, 0.05) is 24.3 Å². The molecular formula is C21H24N2O2. The number of carbonyl (C=O) groups excluding carboxylic acids is 1. The summed E-state index contributed by atoms with van der Waals surface area (Å²) in [6.45, 7) is 10.1. The minimum absolute atomic E-state index is 0.0448. The van der Waals surface area contributed by atoms with Gasteiger partial charge in [0.2, 0.25) is 5.90 Å². The van der Waals surface area contributed by atoms with E-state index in [-0.39, 0.29) is 17.1 Å². The lowest BCUT2D eigenvalue weighted by atomic mass is 9.67. The van der Waals surface area contributed by atoms with Crippen molar-refractivity contribution in [2.45, 2.75) is 53.4 Å². The summed E-state index contributed by atoms with van der Waals surface area (Å²) in [5.74, 6) is -0.587. The van der Waals surface area contributed by atoms with Gasteiger partial charge in [0.15, 0.2) is 5.78 Å². The number of rotatable bonds is 1. The summed E-state index contributed by atoms with van der Waals surface area (Å²) in [7, 11) is 0. The first-order chi connectivity index (χ1) is 11.6. The Morgan fingerprint density at radius 3 is 2.36 bits per heavy atom. The number of nitrogens with one attached hydrogen (secondary N) is 1. The van der Waals surface area contributed by atoms with Gasteiger partial charge in [-0.2, -0.15) is 5.26 Å². The van der Waals surface area contributed by atoms with Gasteiger partial charge in [-0.1, -0.05) is 31.5 Å². The van der Waals surface area contributed by atoms with E-state index in [9.17, 15) is 10.1 Å². The Bertz CT molecular complexity index is 832. The van der Waals surface area contributed by atoms with Crippen molar-refractivity contribution in [2.24, 2.45) is 11.3 Å². The maximum absolute atomic E-state index is 13.0. The molecule has 0 aromatic heterocycles. The molecule has 0 fully saturated rings. The smallest absolute Gasteiger partial charge is 0.205 e. The summed E-state index contributed by atoms with van der Waals surface area (Å²) in [6, 6.07) is 6.36. The molecule has 0 spiro atoms. The Hall–Kier alpha value is -2.41. The van der Waals surface area contributed by atoms with Crippen molar-refractivity contribution in [2.75, 3.05) is 0 Å². The quantitative estimate of drug-likeness (QED) is 0.821. The highest BCUT2D eigenvalue weighted by Gasteiger charge is 2.46. The van der Waals surface area contributed by atoms with Crippen molar-refractivity contribution in [1.29, 1.82) is 10.7 Å². The van der Waals surface area contributed by atoms with Crippen molar-refractivity contribution < 1.29 is 9.53 Å². The van der Waals surface area contributed by atoms with E-state index in [1.54, 1.807) is 0 Å². The third kappa shape index (κ3) is 2.89. The largest absolute Gasteiger partial charge is 0.446 e. The average molecular weight is 336 g/mol. The van der Waals surface area contributed by atoms with Crippen LogP contribution >= 0.6 is 0 Å². The third-order valence-electron chi connectivity index (χ3n) is 5.23. The van der Waals surface area contributed by atoms with E-state index in [2.05, 4.69) is 18.2 Å². The van der Waals surface area contributed by atoms with Crippen molar-refractivity contribution in [3.8, 4) is 6.07 Å². The van der Waals surface area contributed by atoms with Gasteiger partial charge in [-0.05, 0) is 42.9 Å². The molecular weight excluding hydrogens is 312 g/mol. The van der Waals surface area contributed by atoms with Crippen LogP contribution in [0.1, 0.15) is 54.9 Å². The van der Waals surface area contributed by atoms with E-state index in [0.29, 0.717) is 24.2 Å². The van der Waals surface area contributed by atoms with Crippen molar-refractivity contribution >= 4 is 11.7 Å². The van der Waals surface area contributed by atoms with E-state index in [0.717, 1.165) is 22.3 Å². The lowest BCUT2D eigenvalue weighted by molar-refractivity contribution is -0.119. The summed E-state index contributed by atoms with van der Waals surface area (Å²) < 4.78 is 5.67. The molecule has 2 atom stereocenters. The second-order valence-electron chi connectivity index (χ2n) is 8.14. The van der Waals surface area contributed by atoms with Crippen LogP contribution in [0.25, 0.3) is 0 Å². The summed E-state index contributed by atoms with van der Waals surface area (Å²) in [4.78, 5) is 13.0. The van der Waals surface area contributed by atoms with Gasteiger partial charge in [0.25, 0.3) is 0 Å². The Kier molecular flexibility index (Phi) is 4.07. The predicted molar refractivity (Wildman–Crippen MR) is 96.4 cm³/mol. The van der Waals surface area contributed by atoms with Crippen LogP contribution in [0.3, 0.4) is 0 Å². The van der Waals surface area contributed by atoms with E-state index < -0.39 is 11.8 Å². The Morgan fingerprint density at radius 2 is 1.80 bits per heavy atom. The standard InChI is InChI=1S/C21H24N2O2/c1-11-6-12(2)17(13(3)7-11)18-14(10-22)20(23)25-16-9-21(4,5)8-15(24)19(16)18/h6-7,14,18,23H,8-9H2,1-5H3. The topological polar surface area (TPSA) is 73.9 Å². The van der Waals surface area contributed by atoms with Gasteiger partial charge in [0.05, 0.1) is 6.07 Å². The number of aryl methyl sites for hydroxylation is 3. The molecule has 2 aliphatic rings. The van der Waals surface area contributed by atoms with Crippen LogP contribution in [0.2, 0.25) is 0 Å². The number of allylic oxidation sites excluding steroid dienone is 2. The monoisotopic (exact) mass is 336 g/mol. The SMILES string of the molecule is Cc1cc(C)c(C2C3=C(CC(C)(C)CC3=O)OC(=N)C2C#N)c(C)c1. The van der Waals surface area contributed by atoms with Crippen LogP contribution in [-0.4, -0.2) is 11.7 Å². The molecule has 1 aromatic rings. The molecule has 2 unspecified atom stereocenters. The number of nitriles is 1. The van der Waals surface area contributed by atoms with Gasteiger partial charge in [-0.3, -0.25) is 10.2 Å². The molecule has 0 saturated heterocycles. The Morgan fingerprint density at radius 1 is 1.20 bits per heavy atom. The van der Waals surface area contributed by atoms with Crippen LogP contribution in [0.4, 0.5) is 0 Å². The molecule has 25 heavy (non-hydrogen) atoms. The zero-order chi connectivity index (χ0) is 18.5. The summed E-state index contributed by atoms with van der Waals surface area (Å²) >= 11 is 0. The molecule has 1 aliphatic heterocycles. The van der Waals surface area contributed by atoms with E-state index in [1.165, 1.54) is 0 Å². The van der Waals surface area contributed by atoms with Crippen LogP contribution in [-0.2, 0) is 9.53 Å². The fourth-order valence-corrected chi connectivity index (χ4v) is 4.36. The van der Waals surface area contributed by atoms with Crippen molar-refractivity contribution in [3.63, 3.8) is 0 Å². The predicted octanol–water partition coefficient (Wildman–Crippen LogP) is 4.49. The highest BCUT2D eigenvalue weighted by Crippen LogP contribution is 2.49. The molecule has 130 valence electrons. The number of hydrogen-bond donors (Lipinski definition) is 1. The van der Waals surface area contributed by atoms with Gasteiger partial charge in [-0.25, -0.2) is 0 Å². The highest BCUT2D eigenvalue weighted by atomic mass is 16.5.